The van der Waals surface area contributed by atoms with Crippen LogP contribution in [0, 0.1) is 0 Å². The predicted molar refractivity (Wildman–Crippen MR) is 74.5 cm³/mol. The summed E-state index contributed by atoms with van der Waals surface area (Å²) in [6.07, 6.45) is 3.12. The van der Waals surface area contributed by atoms with E-state index in [4.69, 9.17) is 17.3 Å². The highest BCUT2D eigenvalue weighted by Gasteiger charge is 2.31. The Bertz CT molecular complexity index is 564. The highest BCUT2D eigenvalue weighted by Crippen LogP contribution is 2.26. The Hall–Kier alpha value is -0.890. The molecular formula is C11H17ClN4O2S. The van der Waals surface area contributed by atoms with Crippen LogP contribution in [0.5, 0.6) is 0 Å². The number of piperidine rings is 1. The third kappa shape index (κ3) is 3.00. The van der Waals surface area contributed by atoms with Crippen molar-refractivity contribution in [2.45, 2.75) is 23.8 Å². The van der Waals surface area contributed by atoms with Gasteiger partial charge in [0.05, 0.1) is 5.02 Å². The van der Waals surface area contributed by atoms with E-state index in [-0.39, 0.29) is 21.8 Å². The van der Waals surface area contributed by atoms with Crippen LogP contribution >= 0.6 is 11.6 Å². The molecule has 0 amide bonds. The second kappa shape index (κ2) is 5.62. The molecule has 0 bridgehead atoms. The molecule has 3 N–H and O–H groups in total. The van der Waals surface area contributed by atoms with E-state index in [0.29, 0.717) is 13.1 Å². The van der Waals surface area contributed by atoms with Crippen molar-refractivity contribution in [1.29, 1.82) is 0 Å². The van der Waals surface area contributed by atoms with Gasteiger partial charge in [0.15, 0.2) is 0 Å². The summed E-state index contributed by atoms with van der Waals surface area (Å²) in [4.78, 5) is 3.79. The number of anilines is 1. The van der Waals surface area contributed by atoms with Crippen LogP contribution in [0.1, 0.15) is 12.8 Å². The van der Waals surface area contributed by atoms with Gasteiger partial charge in [-0.2, -0.15) is 4.31 Å². The monoisotopic (exact) mass is 304 g/mol. The van der Waals surface area contributed by atoms with Crippen LogP contribution in [-0.4, -0.2) is 43.9 Å². The number of nitrogens with two attached hydrogens (primary N) is 1. The number of rotatable bonds is 3. The maximum Gasteiger partial charge on any atom is 0.246 e. The molecule has 1 aromatic rings. The van der Waals surface area contributed by atoms with Gasteiger partial charge in [0.25, 0.3) is 0 Å². The summed E-state index contributed by atoms with van der Waals surface area (Å²) in [7, 11) is -1.81. The summed E-state index contributed by atoms with van der Waals surface area (Å²) in [6, 6.07) is 1.51. The number of nitrogens with one attached hydrogen (secondary N) is 1. The molecule has 1 saturated heterocycles. The molecule has 6 nitrogen and oxygen atoms in total. The molecule has 0 aromatic carbocycles. The maximum absolute atomic E-state index is 12.5. The number of nitrogen functional groups attached to an aromatic ring is 1. The molecule has 8 heteroatoms. The molecular weight excluding hydrogens is 288 g/mol. The summed E-state index contributed by atoms with van der Waals surface area (Å²) in [5, 5.41) is 3.36. The van der Waals surface area contributed by atoms with Gasteiger partial charge in [-0.25, -0.2) is 13.4 Å². The second-order valence-electron chi connectivity index (χ2n) is 4.53. The lowest BCUT2D eigenvalue weighted by Crippen LogP contribution is -2.47. The van der Waals surface area contributed by atoms with Crippen LogP contribution in [0.3, 0.4) is 0 Å². The van der Waals surface area contributed by atoms with E-state index in [1.165, 1.54) is 16.6 Å². The maximum atomic E-state index is 12.5. The summed E-state index contributed by atoms with van der Waals surface area (Å²) in [6.45, 7) is 0.928. The highest BCUT2D eigenvalue weighted by atomic mass is 35.5. The average molecular weight is 305 g/mol. The van der Waals surface area contributed by atoms with Crippen molar-refractivity contribution >= 4 is 27.4 Å². The minimum absolute atomic E-state index is 0.0169. The molecule has 0 radical (unpaired) electrons. The first-order chi connectivity index (χ1) is 8.95. The van der Waals surface area contributed by atoms with E-state index in [1.54, 1.807) is 0 Å². The quantitative estimate of drug-likeness (QED) is 0.858. The standard InChI is InChI=1S/C11H17ClN4O2S/c1-14-9-3-2-4-16(7-9)19(17,18)10-5-8(12)6-15-11(10)13/h5-6,9,14H,2-4,7H2,1H3,(H2,13,15). The summed E-state index contributed by atoms with van der Waals surface area (Å²) < 4.78 is 26.5. The molecule has 1 aliphatic rings. The Morgan fingerprint density at radius 2 is 2.32 bits per heavy atom. The molecule has 1 aliphatic heterocycles. The number of hydrogen-bond acceptors (Lipinski definition) is 5. The van der Waals surface area contributed by atoms with Crippen molar-refractivity contribution in [3.05, 3.63) is 17.3 Å². The third-order valence-electron chi connectivity index (χ3n) is 3.26. The molecule has 0 aliphatic carbocycles. The van der Waals surface area contributed by atoms with Gasteiger partial charge in [-0.05, 0) is 26.0 Å². The number of pyridine rings is 1. The van der Waals surface area contributed by atoms with Crippen LogP contribution in [-0.2, 0) is 10.0 Å². The molecule has 1 fully saturated rings. The Kier molecular flexibility index (Phi) is 4.29. The van der Waals surface area contributed by atoms with E-state index in [2.05, 4.69) is 10.3 Å². The molecule has 106 valence electrons. The summed E-state index contributed by atoms with van der Waals surface area (Å²) in [5.41, 5.74) is 5.66. The zero-order valence-corrected chi connectivity index (χ0v) is 12.2. The molecule has 2 rings (SSSR count). The number of likely N-dealkylation sites (N-methyl/N-ethyl adjacent to an activating group) is 1. The molecule has 1 aromatic heterocycles. The van der Waals surface area contributed by atoms with E-state index in [9.17, 15) is 8.42 Å². The molecule has 19 heavy (non-hydrogen) atoms. The minimum Gasteiger partial charge on any atom is -0.383 e. The summed E-state index contributed by atoms with van der Waals surface area (Å²) >= 11 is 5.80. The first kappa shape index (κ1) is 14.5. The number of sulfonamides is 1. The SMILES string of the molecule is CNC1CCCN(S(=O)(=O)c2cc(Cl)cnc2N)C1. The lowest BCUT2D eigenvalue weighted by Gasteiger charge is -2.31. The van der Waals surface area contributed by atoms with Crippen molar-refractivity contribution in [3.8, 4) is 0 Å². The van der Waals surface area contributed by atoms with Crippen molar-refractivity contribution in [1.82, 2.24) is 14.6 Å². The summed E-state index contributed by atoms with van der Waals surface area (Å²) in [5.74, 6) is -0.0176. The molecule has 0 spiro atoms. The van der Waals surface area contributed by atoms with Gasteiger partial charge in [0.2, 0.25) is 10.0 Å². The van der Waals surface area contributed by atoms with Crippen molar-refractivity contribution in [2.75, 3.05) is 25.9 Å². The second-order valence-corrected chi connectivity index (χ2v) is 6.87. The zero-order valence-electron chi connectivity index (χ0n) is 10.6. The molecule has 1 unspecified atom stereocenters. The first-order valence-corrected chi connectivity index (χ1v) is 7.85. The lowest BCUT2D eigenvalue weighted by molar-refractivity contribution is 0.293. The number of nitrogens with zero attached hydrogens (tertiary/aromatic N) is 2. The fourth-order valence-electron chi connectivity index (χ4n) is 2.17. The van der Waals surface area contributed by atoms with Gasteiger partial charge in [0, 0.05) is 25.3 Å². The Balaban J connectivity index is 2.34. The largest absolute Gasteiger partial charge is 0.383 e. The lowest BCUT2D eigenvalue weighted by atomic mass is 10.1. The predicted octanol–water partition coefficient (Wildman–Crippen LogP) is 0.690. The smallest absolute Gasteiger partial charge is 0.246 e. The van der Waals surface area contributed by atoms with Crippen molar-refractivity contribution in [2.24, 2.45) is 0 Å². The molecule has 2 heterocycles. The molecule has 0 saturated carbocycles. The topological polar surface area (TPSA) is 88.3 Å². The van der Waals surface area contributed by atoms with Crippen molar-refractivity contribution in [3.63, 3.8) is 0 Å². The van der Waals surface area contributed by atoms with Crippen LogP contribution in [0.4, 0.5) is 5.82 Å². The van der Waals surface area contributed by atoms with E-state index >= 15 is 0 Å². The minimum atomic E-state index is -3.64. The average Bonchev–Trinajstić information content (AvgIpc) is 2.41. The van der Waals surface area contributed by atoms with Crippen LogP contribution in [0.2, 0.25) is 5.02 Å². The Morgan fingerprint density at radius 1 is 1.58 bits per heavy atom. The van der Waals surface area contributed by atoms with Gasteiger partial charge in [-0.15, -0.1) is 0 Å². The van der Waals surface area contributed by atoms with E-state index < -0.39 is 10.0 Å². The Morgan fingerprint density at radius 3 is 3.00 bits per heavy atom. The van der Waals surface area contributed by atoms with Crippen LogP contribution in [0.25, 0.3) is 0 Å². The number of halogens is 1. The first-order valence-electron chi connectivity index (χ1n) is 6.03. The zero-order chi connectivity index (χ0) is 14.0. The van der Waals surface area contributed by atoms with Gasteiger partial charge in [0.1, 0.15) is 10.7 Å². The van der Waals surface area contributed by atoms with Gasteiger partial charge in [-0.3, -0.25) is 0 Å². The van der Waals surface area contributed by atoms with Gasteiger partial charge < -0.3 is 11.1 Å². The fraction of sp³-hybridized carbons (Fsp3) is 0.545. The van der Waals surface area contributed by atoms with Crippen LogP contribution < -0.4 is 11.1 Å². The van der Waals surface area contributed by atoms with E-state index in [1.807, 2.05) is 7.05 Å². The van der Waals surface area contributed by atoms with Gasteiger partial charge >= 0.3 is 0 Å². The third-order valence-corrected chi connectivity index (χ3v) is 5.36. The fourth-order valence-corrected chi connectivity index (χ4v) is 4.01. The number of aromatic nitrogens is 1. The van der Waals surface area contributed by atoms with Gasteiger partial charge in [-0.1, -0.05) is 11.6 Å². The molecule has 1 atom stereocenters. The highest BCUT2D eigenvalue weighted by molar-refractivity contribution is 7.89. The van der Waals surface area contributed by atoms with E-state index in [0.717, 1.165) is 12.8 Å². The normalized spacial score (nSPS) is 21.5. The van der Waals surface area contributed by atoms with Crippen LogP contribution in [0.15, 0.2) is 17.2 Å². The number of hydrogen-bond donors (Lipinski definition) is 2. The van der Waals surface area contributed by atoms with Crippen molar-refractivity contribution < 1.29 is 8.42 Å². The Labute approximate surface area is 118 Å².